The van der Waals surface area contributed by atoms with Gasteiger partial charge in [0.25, 0.3) is 0 Å². The zero-order valence-electron chi connectivity index (χ0n) is 12.0. The summed E-state index contributed by atoms with van der Waals surface area (Å²) in [5.41, 5.74) is 1.09. The lowest BCUT2D eigenvalue weighted by molar-refractivity contribution is 0.202. The van der Waals surface area contributed by atoms with Crippen molar-refractivity contribution in [1.82, 2.24) is 15.2 Å². The molecular weight excluding hydrogens is 302 g/mol. The number of thiazole rings is 1. The fourth-order valence-electron chi connectivity index (χ4n) is 2.66. The first-order chi connectivity index (χ1) is 10.3. The molecule has 0 spiro atoms. The lowest BCUT2D eigenvalue weighted by Crippen LogP contribution is -2.40. The van der Waals surface area contributed by atoms with Gasteiger partial charge in [-0.2, -0.15) is 0 Å². The molecule has 4 nitrogen and oxygen atoms in total. The Kier molecular flexibility index (Phi) is 4.67. The van der Waals surface area contributed by atoms with Gasteiger partial charge in [-0.25, -0.2) is 4.98 Å². The molecule has 6 heteroatoms. The Labute approximate surface area is 134 Å². The number of para-hydroxylation sites is 1. The van der Waals surface area contributed by atoms with Gasteiger partial charge < -0.3 is 15.0 Å². The number of rotatable bonds is 4. The second kappa shape index (κ2) is 6.68. The third kappa shape index (κ3) is 3.17. The maximum Gasteiger partial charge on any atom is 0.169 e. The summed E-state index contributed by atoms with van der Waals surface area (Å²) in [6.07, 6.45) is 2.28. The highest BCUT2D eigenvalue weighted by atomic mass is 32.1. The Bertz CT molecular complexity index is 595. The van der Waals surface area contributed by atoms with E-state index in [2.05, 4.69) is 28.4 Å². The quantitative estimate of drug-likeness (QED) is 0.692. The van der Waals surface area contributed by atoms with E-state index in [0.717, 1.165) is 36.6 Å². The van der Waals surface area contributed by atoms with Crippen LogP contribution in [0.15, 0.2) is 24.3 Å². The average Bonchev–Trinajstić information content (AvgIpc) is 3.13. The van der Waals surface area contributed by atoms with Gasteiger partial charge >= 0.3 is 0 Å². The van der Waals surface area contributed by atoms with Gasteiger partial charge in [0.1, 0.15) is 5.01 Å². The molecule has 1 aliphatic heterocycles. The SMILES string of the molecule is COCCNC(=S)N1CCC[C@@H]1c1nc2ccccc2s1. The Balaban J connectivity index is 1.75. The molecule has 0 unspecified atom stereocenters. The largest absolute Gasteiger partial charge is 0.383 e. The minimum atomic E-state index is 0.310. The maximum absolute atomic E-state index is 5.52. The number of nitrogens with zero attached hydrogens (tertiary/aromatic N) is 2. The summed E-state index contributed by atoms with van der Waals surface area (Å²) in [5.74, 6) is 0. The Morgan fingerprint density at radius 3 is 3.19 bits per heavy atom. The molecule has 1 aromatic carbocycles. The van der Waals surface area contributed by atoms with Crippen molar-refractivity contribution in [2.75, 3.05) is 26.8 Å². The molecule has 0 radical (unpaired) electrons. The highest BCUT2D eigenvalue weighted by Crippen LogP contribution is 2.36. The Hall–Kier alpha value is -1.24. The van der Waals surface area contributed by atoms with Crippen molar-refractivity contribution in [3.05, 3.63) is 29.3 Å². The number of nitrogens with one attached hydrogen (secondary N) is 1. The second-order valence-electron chi connectivity index (χ2n) is 5.10. The van der Waals surface area contributed by atoms with Gasteiger partial charge in [-0.15, -0.1) is 11.3 Å². The molecule has 3 rings (SSSR count). The van der Waals surface area contributed by atoms with Crippen LogP contribution in [0.4, 0.5) is 0 Å². The number of methoxy groups -OCH3 is 1. The molecule has 1 atom stereocenters. The number of aromatic nitrogens is 1. The fraction of sp³-hybridized carbons (Fsp3) is 0.467. The number of fused-ring (bicyclic) bond motifs is 1. The average molecular weight is 321 g/mol. The number of hydrogen-bond acceptors (Lipinski definition) is 4. The van der Waals surface area contributed by atoms with E-state index in [0.29, 0.717) is 12.6 Å². The van der Waals surface area contributed by atoms with E-state index < -0.39 is 0 Å². The van der Waals surface area contributed by atoms with E-state index in [1.54, 1.807) is 18.4 Å². The normalized spacial score (nSPS) is 18.3. The Morgan fingerprint density at radius 2 is 2.38 bits per heavy atom. The van der Waals surface area contributed by atoms with E-state index in [1.807, 2.05) is 6.07 Å². The van der Waals surface area contributed by atoms with Crippen LogP contribution in [0.25, 0.3) is 10.2 Å². The molecule has 112 valence electrons. The lowest BCUT2D eigenvalue weighted by atomic mass is 10.2. The predicted octanol–water partition coefficient (Wildman–Crippen LogP) is 2.95. The van der Waals surface area contributed by atoms with Gasteiger partial charge in [0, 0.05) is 20.2 Å². The number of ether oxygens (including phenoxy) is 1. The van der Waals surface area contributed by atoms with Crippen molar-refractivity contribution in [3.63, 3.8) is 0 Å². The summed E-state index contributed by atoms with van der Waals surface area (Å²) in [5, 5.41) is 5.25. The minimum Gasteiger partial charge on any atom is -0.383 e. The third-order valence-electron chi connectivity index (χ3n) is 3.69. The molecule has 1 fully saturated rings. The highest BCUT2D eigenvalue weighted by Gasteiger charge is 2.30. The van der Waals surface area contributed by atoms with Gasteiger partial charge in [-0.05, 0) is 37.2 Å². The number of thiocarbonyl (C=S) groups is 1. The first-order valence-electron chi connectivity index (χ1n) is 7.18. The Morgan fingerprint density at radius 1 is 1.52 bits per heavy atom. The van der Waals surface area contributed by atoms with Crippen molar-refractivity contribution in [1.29, 1.82) is 0 Å². The van der Waals surface area contributed by atoms with E-state index in [9.17, 15) is 0 Å². The first kappa shape index (κ1) is 14.7. The molecule has 1 saturated heterocycles. The lowest BCUT2D eigenvalue weighted by Gasteiger charge is -2.26. The van der Waals surface area contributed by atoms with Crippen LogP contribution < -0.4 is 5.32 Å². The third-order valence-corrected chi connectivity index (χ3v) is 5.21. The van der Waals surface area contributed by atoms with Crippen LogP contribution in [-0.2, 0) is 4.74 Å². The van der Waals surface area contributed by atoms with Crippen LogP contribution in [0.3, 0.4) is 0 Å². The smallest absolute Gasteiger partial charge is 0.169 e. The van der Waals surface area contributed by atoms with Crippen molar-refractivity contribution in [2.24, 2.45) is 0 Å². The molecular formula is C15H19N3OS2. The zero-order valence-corrected chi connectivity index (χ0v) is 13.7. The van der Waals surface area contributed by atoms with Gasteiger partial charge in [0.05, 0.1) is 22.9 Å². The van der Waals surface area contributed by atoms with Crippen molar-refractivity contribution < 1.29 is 4.74 Å². The molecule has 1 aromatic heterocycles. The van der Waals surface area contributed by atoms with Crippen LogP contribution in [-0.4, -0.2) is 41.8 Å². The number of likely N-dealkylation sites (tertiary alicyclic amines) is 1. The van der Waals surface area contributed by atoms with Crippen LogP contribution >= 0.6 is 23.6 Å². The van der Waals surface area contributed by atoms with Crippen LogP contribution in [0.2, 0.25) is 0 Å². The molecule has 0 saturated carbocycles. The first-order valence-corrected chi connectivity index (χ1v) is 8.41. The molecule has 2 heterocycles. The number of benzene rings is 1. The second-order valence-corrected chi connectivity index (χ2v) is 6.54. The van der Waals surface area contributed by atoms with E-state index in [4.69, 9.17) is 21.9 Å². The maximum atomic E-state index is 5.52. The van der Waals surface area contributed by atoms with Gasteiger partial charge in [0.2, 0.25) is 0 Å². The van der Waals surface area contributed by atoms with Crippen molar-refractivity contribution in [3.8, 4) is 0 Å². The van der Waals surface area contributed by atoms with Gasteiger partial charge in [-0.3, -0.25) is 0 Å². The molecule has 21 heavy (non-hydrogen) atoms. The van der Waals surface area contributed by atoms with E-state index in [-0.39, 0.29) is 0 Å². The van der Waals surface area contributed by atoms with Crippen LogP contribution in [0.5, 0.6) is 0 Å². The summed E-state index contributed by atoms with van der Waals surface area (Å²) in [6.45, 7) is 2.41. The fourth-order valence-corrected chi connectivity index (χ4v) is 4.10. The van der Waals surface area contributed by atoms with Gasteiger partial charge in [0.15, 0.2) is 5.11 Å². The molecule has 1 N–H and O–H groups in total. The minimum absolute atomic E-state index is 0.310. The summed E-state index contributed by atoms with van der Waals surface area (Å²) in [7, 11) is 1.70. The standard InChI is InChI=1S/C15H19N3OS2/c1-19-10-8-16-15(20)18-9-4-6-12(18)14-17-11-5-2-3-7-13(11)21-14/h2-3,5,7,12H,4,6,8-10H2,1H3,(H,16,20)/t12-/m1/s1. The van der Waals surface area contributed by atoms with E-state index in [1.165, 1.54) is 9.71 Å². The van der Waals surface area contributed by atoms with Crippen molar-refractivity contribution >= 4 is 38.9 Å². The van der Waals surface area contributed by atoms with Gasteiger partial charge in [-0.1, -0.05) is 12.1 Å². The number of hydrogen-bond donors (Lipinski definition) is 1. The predicted molar refractivity (Wildman–Crippen MR) is 90.8 cm³/mol. The van der Waals surface area contributed by atoms with Crippen LogP contribution in [0.1, 0.15) is 23.9 Å². The monoisotopic (exact) mass is 321 g/mol. The summed E-state index contributed by atoms with van der Waals surface area (Å²) < 4.78 is 6.30. The summed E-state index contributed by atoms with van der Waals surface area (Å²) >= 11 is 7.30. The molecule has 2 aromatic rings. The van der Waals surface area contributed by atoms with E-state index >= 15 is 0 Å². The summed E-state index contributed by atoms with van der Waals surface area (Å²) in [4.78, 5) is 7.06. The summed E-state index contributed by atoms with van der Waals surface area (Å²) in [6, 6.07) is 8.61. The molecule has 0 amide bonds. The zero-order chi connectivity index (χ0) is 14.7. The van der Waals surface area contributed by atoms with Crippen LogP contribution in [0, 0.1) is 0 Å². The molecule has 0 aliphatic carbocycles. The molecule has 0 bridgehead atoms. The topological polar surface area (TPSA) is 37.4 Å². The highest BCUT2D eigenvalue weighted by molar-refractivity contribution is 7.80. The molecule has 1 aliphatic rings. The van der Waals surface area contributed by atoms with Crippen molar-refractivity contribution in [2.45, 2.75) is 18.9 Å².